The standard InChI is InChI=1S/C19H30N2O3S/c1-15(2)16-5-7-17(8-6-16)25(23,24)21-12-10-19(14-22)9-4-11-20(3)18(19)13-21/h5-8,15,18,22H,4,9-14H2,1-3H3/t18-,19-/m1/s1. The Balaban J connectivity index is 1.84. The highest BCUT2D eigenvalue weighted by Gasteiger charge is 2.48. The molecule has 1 N–H and O–H groups in total. The molecule has 0 aliphatic carbocycles. The van der Waals surface area contributed by atoms with Gasteiger partial charge in [0.25, 0.3) is 0 Å². The molecule has 5 nitrogen and oxygen atoms in total. The fraction of sp³-hybridized carbons (Fsp3) is 0.684. The minimum Gasteiger partial charge on any atom is -0.396 e. The van der Waals surface area contributed by atoms with Crippen molar-refractivity contribution in [2.75, 3.05) is 33.3 Å². The third-order valence-electron chi connectivity index (χ3n) is 6.16. The van der Waals surface area contributed by atoms with Gasteiger partial charge in [-0.3, -0.25) is 0 Å². The van der Waals surface area contributed by atoms with E-state index in [0.29, 0.717) is 23.9 Å². The number of sulfonamides is 1. The number of piperidine rings is 2. The van der Waals surface area contributed by atoms with E-state index < -0.39 is 10.0 Å². The first kappa shape index (κ1) is 18.8. The first-order valence-corrected chi connectivity index (χ1v) is 10.7. The van der Waals surface area contributed by atoms with E-state index >= 15 is 0 Å². The number of nitrogens with zero attached hydrogens (tertiary/aromatic N) is 2. The molecule has 6 heteroatoms. The third kappa shape index (κ3) is 3.37. The molecule has 25 heavy (non-hydrogen) atoms. The normalized spacial score (nSPS) is 28.9. The van der Waals surface area contributed by atoms with Crippen LogP contribution in [0.1, 0.15) is 44.6 Å². The molecule has 2 atom stereocenters. The van der Waals surface area contributed by atoms with Gasteiger partial charge >= 0.3 is 0 Å². The predicted molar refractivity (Wildman–Crippen MR) is 99.1 cm³/mol. The second kappa shape index (κ2) is 6.99. The minimum atomic E-state index is -3.49. The summed E-state index contributed by atoms with van der Waals surface area (Å²) < 4.78 is 27.8. The molecule has 1 aromatic rings. The Morgan fingerprint density at radius 2 is 1.88 bits per heavy atom. The van der Waals surface area contributed by atoms with E-state index in [-0.39, 0.29) is 18.1 Å². The molecular formula is C19H30N2O3S. The molecule has 0 saturated carbocycles. The lowest BCUT2D eigenvalue weighted by Crippen LogP contribution is -2.62. The van der Waals surface area contributed by atoms with E-state index in [1.165, 1.54) is 0 Å². The van der Waals surface area contributed by atoms with Crippen LogP contribution in [-0.4, -0.2) is 62.1 Å². The second-order valence-corrected chi connectivity index (χ2v) is 9.90. The van der Waals surface area contributed by atoms with Crippen molar-refractivity contribution in [2.45, 2.75) is 50.0 Å². The zero-order chi connectivity index (χ0) is 18.2. The van der Waals surface area contributed by atoms with E-state index in [4.69, 9.17) is 0 Å². The number of aliphatic hydroxyl groups excluding tert-OH is 1. The Hall–Kier alpha value is -0.950. The SMILES string of the molecule is CC(C)c1ccc(S(=O)(=O)N2CC[C@@]3(CO)CCCN(C)[C@@H]3C2)cc1. The largest absolute Gasteiger partial charge is 0.396 e. The molecule has 0 bridgehead atoms. The smallest absolute Gasteiger partial charge is 0.243 e. The van der Waals surface area contributed by atoms with Gasteiger partial charge in [-0.1, -0.05) is 26.0 Å². The summed E-state index contributed by atoms with van der Waals surface area (Å²) in [4.78, 5) is 2.59. The van der Waals surface area contributed by atoms with Crippen LogP contribution in [0.15, 0.2) is 29.2 Å². The second-order valence-electron chi connectivity index (χ2n) is 7.96. The maximum Gasteiger partial charge on any atom is 0.243 e. The van der Waals surface area contributed by atoms with Gasteiger partial charge in [0.1, 0.15) is 0 Å². The Labute approximate surface area is 151 Å². The third-order valence-corrected chi connectivity index (χ3v) is 8.04. The first-order chi connectivity index (χ1) is 11.8. The van der Waals surface area contributed by atoms with Gasteiger partial charge in [-0.15, -0.1) is 0 Å². The van der Waals surface area contributed by atoms with E-state index in [9.17, 15) is 13.5 Å². The van der Waals surface area contributed by atoms with Crippen molar-refractivity contribution in [3.63, 3.8) is 0 Å². The van der Waals surface area contributed by atoms with Crippen LogP contribution in [0.5, 0.6) is 0 Å². The summed E-state index contributed by atoms with van der Waals surface area (Å²) in [6.45, 7) is 6.25. The average Bonchev–Trinajstić information content (AvgIpc) is 2.61. The summed E-state index contributed by atoms with van der Waals surface area (Å²) >= 11 is 0. The van der Waals surface area contributed by atoms with Crippen molar-refractivity contribution in [1.82, 2.24) is 9.21 Å². The summed E-state index contributed by atoms with van der Waals surface area (Å²) in [5, 5.41) is 9.99. The van der Waals surface area contributed by atoms with Crippen LogP contribution in [0.2, 0.25) is 0 Å². The Morgan fingerprint density at radius 3 is 2.48 bits per heavy atom. The topological polar surface area (TPSA) is 60.9 Å². The van der Waals surface area contributed by atoms with Crippen LogP contribution in [0.4, 0.5) is 0 Å². The molecule has 2 aliphatic rings. The van der Waals surface area contributed by atoms with Gasteiger partial charge < -0.3 is 10.0 Å². The van der Waals surface area contributed by atoms with Gasteiger partial charge in [-0.05, 0) is 56.5 Å². The molecule has 2 aliphatic heterocycles. The van der Waals surface area contributed by atoms with E-state index in [0.717, 1.165) is 31.4 Å². The van der Waals surface area contributed by atoms with Gasteiger partial charge in [0.05, 0.1) is 11.5 Å². The van der Waals surface area contributed by atoms with Gasteiger partial charge in [-0.25, -0.2) is 8.42 Å². The molecule has 0 spiro atoms. The predicted octanol–water partition coefficient (Wildman–Crippen LogP) is 2.28. The minimum absolute atomic E-state index is 0.0877. The van der Waals surface area contributed by atoms with Crippen LogP contribution in [0, 0.1) is 5.41 Å². The van der Waals surface area contributed by atoms with Crippen molar-refractivity contribution in [3.8, 4) is 0 Å². The number of likely N-dealkylation sites (tertiary alicyclic amines) is 1. The molecule has 3 rings (SSSR count). The number of likely N-dealkylation sites (N-methyl/N-ethyl adjacent to an activating group) is 1. The highest BCUT2D eigenvalue weighted by Crippen LogP contribution is 2.42. The summed E-state index contributed by atoms with van der Waals surface area (Å²) in [7, 11) is -1.44. The van der Waals surface area contributed by atoms with E-state index in [1.54, 1.807) is 16.4 Å². The van der Waals surface area contributed by atoms with Crippen molar-refractivity contribution >= 4 is 10.0 Å². The van der Waals surface area contributed by atoms with Crippen molar-refractivity contribution in [1.29, 1.82) is 0 Å². The number of hydrogen-bond donors (Lipinski definition) is 1. The highest BCUT2D eigenvalue weighted by atomic mass is 32.2. The maximum absolute atomic E-state index is 13.1. The Bertz CT molecular complexity index is 702. The monoisotopic (exact) mass is 366 g/mol. The van der Waals surface area contributed by atoms with Crippen molar-refractivity contribution in [3.05, 3.63) is 29.8 Å². The number of fused-ring (bicyclic) bond motifs is 1. The summed E-state index contributed by atoms with van der Waals surface area (Å²) in [5.74, 6) is 0.382. The number of benzene rings is 1. The Kier molecular flexibility index (Phi) is 5.26. The molecule has 0 unspecified atom stereocenters. The molecule has 2 fully saturated rings. The fourth-order valence-corrected chi connectivity index (χ4v) is 5.83. The summed E-state index contributed by atoms with van der Waals surface area (Å²) in [6, 6.07) is 7.36. The van der Waals surface area contributed by atoms with Crippen LogP contribution < -0.4 is 0 Å². The molecular weight excluding hydrogens is 336 g/mol. The summed E-state index contributed by atoms with van der Waals surface area (Å²) in [6.07, 6.45) is 2.77. The van der Waals surface area contributed by atoms with E-state index in [2.05, 4.69) is 18.7 Å². The van der Waals surface area contributed by atoms with Gasteiger partial charge in [0.2, 0.25) is 10.0 Å². The number of hydrogen-bond acceptors (Lipinski definition) is 4. The van der Waals surface area contributed by atoms with Gasteiger partial charge in [-0.2, -0.15) is 4.31 Å². The quantitative estimate of drug-likeness (QED) is 0.888. The molecule has 2 heterocycles. The lowest BCUT2D eigenvalue weighted by molar-refractivity contribution is -0.0508. The number of aliphatic hydroxyl groups is 1. The van der Waals surface area contributed by atoms with Crippen LogP contribution in [0.3, 0.4) is 0 Å². The lowest BCUT2D eigenvalue weighted by atomic mass is 9.69. The van der Waals surface area contributed by atoms with Crippen molar-refractivity contribution < 1.29 is 13.5 Å². The fourth-order valence-electron chi connectivity index (χ4n) is 4.38. The van der Waals surface area contributed by atoms with Crippen LogP contribution in [-0.2, 0) is 10.0 Å². The molecule has 0 radical (unpaired) electrons. The lowest BCUT2D eigenvalue weighted by Gasteiger charge is -2.53. The van der Waals surface area contributed by atoms with Crippen molar-refractivity contribution in [2.24, 2.45) is 5.41 Å². The van der Waals surface area contributed by atoms with Crippen LogP contribution >= 0.6 is 0 Å². The average molecular weight is 367 g/mol. The molecule has 1 aromatic carbocycles. The van der Waals surface area contributed by atoms with Gasteiger partial charge in [0.15, 0.2) is 0 Å². The molecule has 140 valence electrons. The zero-order valence-electron chi connectivity index (χ0n) is 15.5. The molecule has 0 aromatic heterocycles. The van der Waals surface area contributed by atoms with Crippen LogP contribution in [0.25, 0.3) is 0 Å². The first-order valence-electron chi connectivity index (χ1n) is 9.21. The maximum atomic E-state index is 13.1. The summed E-state index contributed by atoms with van der Waals surface area (Å²) in [5.41, 5.74) is 0.990. The van der Waals surface area contributed by atoms with E-state index in [1.807, 2.05) is 19.2 Å². The molecule has 0 amide bonds. The highest BCUT2D eigenvalue weighted by molar-refractivity contribution is 7.89. The molecule has 2 saturated heterocycles. The Morgan fingerprint density at radius 1 is 1.20 bits per heavy atom. The zero-order valence-corrected chi connectivity index (χ0v) is 16.3. The number of rotatable bonds is 4. The van der Waals surface area contributed by atoms with Gasteiger partial charge in [0, 0.05) is 24.5 Å².